The number of aliphatic imine (C=N–C) groups is 1. The Hall–Kier alpha value is -1.53. The van der Waals surface area contributed by atoms with E-state index in [-0.39, 0.29) is 6.04 Å². The molecule has 3 heterocycles. The monoisotopic (exact) mass is 361 g/mol. The average molecular weight is 362 g/mol. The lowest BCUT2D eigenvalue weighted by Gasteiger charge is -2.28. The fraction of sp³-hybridized carbons (Fsp3) is 0.750. The van der Waals surface area contributed by atoms with E-state index in [1.54, 1.807) is 0 Å². The molecule has 1 atom stereocenters. The van der Waals surface area contributed by atoms with Crippen molar-refractivity contribution in [1.82, 2.24) is 20.4 Å². The Labute approximate surface area is 158 Å². The largest absolute Gasteiger partial charge is 0.465 e. The molecule has 2 fully saturated rings. The molecule has 1 aromatic rings. The van der Waals surface area contributed by atoms with Gasteiger partial charge in [0.1, 0.15) is 11.5 Å². The third kappa shape index (κ3) is 5.48. The smallest absolute Gasteiger partial charge is 0.191 e. The number of hydrogen-bond donors (Lipinski definition) is 2. The van der Waals surface area contributed by atoms with Gasteiger partial charge in [-0.2, -0.15) is 0 Å². The van der Waals surface area contributed by atoms with E-state index in [1.807, 2.05) is 14.0 Å². The highest BCUT2D eigenvalue weighted by atomic mass is 16.3. The number of nitrogens with one attached hydrogen (secondary N) is 2. The number of guanidine groups is 1. The number of nitrogens with zero attached hydrogens (tertiary/aromatic N) is 3. The second-order valence-electron chi connectivity index (χ2n) is 7.49. The molecule has 0 bridgehead atoms. The molecule has 6 heteroatoms. The summed E-state index contributed by atoms with van der Waals surface area (Å²) < 4.78 is 5.94. The zero-order valence-corrected chi connectivity index (χ0v) is 16.5. The van der Waals surface area contributed by atoms with Crippen LogP contribution in [-0.4, -0.2) is 68.6 Å². The summed E-state index contributed by atoms with van der Waals surface area (Å²) in [5, 5.41) is 6.98. The van der Waals surface area contributed by atoms with Gasteiger partial charge in [-0.15, -0.1) is 0 Å². The van der Waals surface area contributed by atoms with E-state index in [0.29, 0.717) is 0 Å². The van der Waals surface area contributed by atoms with Gasteiger partial charge < -0.3 is 20.0 Å². The molecular formula is C20H35N5O. The van der Waals surface area contributed by atoms with Gasteiger partial charge in [0.2, 0.25) is 0 Å². The number of furan rings is 1. The maximum absolute atomic E-state index is 5.94. The summed E-state index contributed by atoms with van der Waals surface area (Å²) >= 11 is 0. The summed E-state index contributed by atoms with van der Waals surface area (Å²) in [7, 11) is 1.85. The molecule has 0 aromatic carbocycles. The van der Waals surface area contributed by atoms with Gasteiger partial charge in [-0.25, -0.2) is 0 Å². The quantitative estimate of drug-likeness (QED) is 0.577. The van der Waals surface area contributed by atoms with Gasteiger partial charge >= 0.3 is 0 Å². The summed E-state index contributed by atoms with van der Waals surface area (Å²) in [5.41, 5.74) is 0. The van der Waals surface area contributed by atoms with E-state index >= 15 is 0 Å². The van der Waals surface area contributed by atoms with Crippen LogP contribution in [0.3, 0.4) is 0 Å². The predicted molar refractivity (Wildman–Crippen MR) is 107 cm³/mol. The Morgan fingerprint density at radius 3 is 2.46 bits per heavy atom. The Morgan fingerprint density at radius 1 is 1.08 bits per heavy atom. The highest BCUT2D eigenvalue weighted by Crippen LogP contribution is 2.26. The summed E-state index contributed by atoms with van der Waals surface area (Å²) in [6.45, 7) is 9.63. The Balaban J connectivity index is 1.48. The molecule has 146 valence electrons. The van der Waals surface area contributed by atoms with Crippen molar-refractivity contribution in [3.63, 3.8) is 0 Å². The SMILES string of the molecule is CN=C(NCCN1CCCCC1)NCC(c1ccc(C)o1)N1CCCC1. The molecule has 0 spiro atoms. The van der Waals surface area contributed by atoms with Crippen LogP contribution in [0.15, 0.2) is 21.5 Å². The number of rotatable bonds is 7. The molecule has 0 aliphatic carbocycles. The zero-order chi connectivity index (χ0) is 18.2. The van der Waals surface area contributed by atoms with E-state index in [4.69, 9.17) is 4.42 Å². The molecular weight excluding hydrogens is 326 g/mol. The lowest BCUT2D eigenvalue weighted by molar-refractivity contribution is 0.213. The minimum atomic E-state index is 0.270. The van der Waals surface area contributed by atoms with Crippen LogP contribution in [0.2, 0.25) is 0 Å². The van der Waals surface area contributed by atoms with Crippen molar-refractivity contribution < 1.29 is 4.42 Å². The van der Waals surface area contributed by atoms with Crippen molar-refractivity contribution in [2.75, 3.05) is 52.9 Å². The van der Waals surface area contributed by atoms with Crippen LogP contribution in [-0.2, 0) is 0 Å². The maximum atomic E-state index is 5.94. The Kier molecular flexibility index (Phi) is 7.38. The number of piperidine rings is 1. The second kappa shape index (κ2) is 9.97. The molecule has 0 amide bonds. The van der Waals surface area contributed by atoms with Gasteiger partial charge in [-0.1, -0.05) is 6.42 Å². The Morgan fingerprint density at radius 2 is 1.81 bits per heavy atom. The topological polar surface area (TPSA) is 56.0 Å². The highest BCUT2D eigenvalue weighted by molar-refractivity contribution is 5.79. The number of hydrogen-bond acceptors (Lipinski definition) is 4. The predicted octanol–water partition coefficient (Wildman–Crippen LogP) is 2.38. The van der Waals surface area contributed by atoms with Crippen LogP contribution in [0.5, 0.6) is 0 Å². The molecule has 1 unspecified atom stereocenters. The molecule has 6 nitrogen and oxygen atoms in total. The third-order valence-electron chi connectivity index (χ3n) is 5.53. The average Bonchev–Trinajstić information content (AvgIpc) is 3.34. The van der Waals surface area contributed by atoms with Crippen LogP contribution in [0.1, 0.15) is 49.7 Å². The molecule has 2 aliphatic heterocycles. The van der Waals surface area contributed by atoms with E-state index in [1.165, 1.54) is 45.2 Å². The maximum Gasteiger partial charge on any atom is 0.191 e. The van der Waals surface area contributed by atoms with Crippen LogP contribution in [0, 0.1) is 6.92 Å². The van der Waals surface area contributed by atoms with Crippen molar-refractivity contribution in [3.05, 3.63) is 23.7 Å². The van der Waals surface area contributed by atoms with Crippen molar-refractivity contribution >= 4 is 5.96 Å². The van der Waals surface area contributed by atoms with Crippen molar-refractivity contribution in [1.29, 1.82) is 0 Å². The number of likely N-dealkylation sites (tertiary alicyclic amines) is 2. The van der Waals surface area contributed by atoms with Crippen molar-refractivity contribution in [2.45, 2.75) is 45.1 Å². The molecule has 2 N–H and O–H groups in total. The second-order valence-corrected chi connectivity index (χ2v) is 7.49. The van der Waals surface area contributed by atoms with Crippen molar-refractivity contribution in [2.24, 2.45) is 4.99 Å². The summed E-state index contributed by atoms with van der Waals surface area (Å²) in [6.07, 6.45) is 6.62. The number of aryl methyl sites for hydroxylation is 1. The van der Waals surface area contributed by atoms with Gasteiger partial charge in [-0.05, 0) is 70.9 Å². The molecule has 3 rings (SSSR count). The fourth-order valence-corrected chi connectivity index (χ4v) is 4.02. The van der Waals surface area contributed by atoms with Gasteiger partial charge in [0, 0.05) is 26.7 Å². The van der Waals surface area contributed by atoms with E-state index < -0.39 is 0 Å². The van der Waals surface area contributed by atoms with Gasteiger partial charge in [0.05, 0.1) is 6.04 Å². The van der Waals surface area contributed by atoms with Gasteiger partial charge in [0.25, 0.3) is 0 Å². The summed E-state index contributed by atoms with van der Waals surface area (Å²) in [5.74, 6) is 2.92. The molecule has 0 saturated carbocycles. The molecule has 1 aromatic heterocycles. The van der Waals surface area contributed by atoms with Crippen LogP contribution >= 0.6 is 0 Å². The fourth-order valence-electron chi connectivity index (χ4n) is 4.02. The van der Waals surface area contributed by atoms with Gasteiger partial charge in [0.15, 0.2) is 5.96 Å². The molecule has 26 heavy (non-hydrogen) atoms. The highest BCUT2D eigenvalue weighted by Gasteiger charge is 2.26. The third-order valence-corrected chi connectivity index (χ3v) is 5.53. The van der Waals surface area contributed by atoms with E-state index in [9.17, 15) is 0 Å². The van der Waals surface area contributed by atoms with Gasteiger partial charge in [-0.3, -0.25) is 9.89 Å². The zero-order valence-electron chi connectivity index (χ0n) is 16.5. The first kappa shape index (κ1) is 19.2. The van der Waals surface area contributed by atoms with E-state index in [2.05, 4.69) is 37.6 Å². The molecule has 0 radical (unpaired) electrons. The summed E-state index contributed by atoms with van der Waals surface area (Å²) in [4.78, 5) is 9.46. The lowest BCUT2D eigenvalue weighted by Crippen LogP contribution is -2.45. The summed E-state index contributed by atoms with van der Waals surface area (Å²) in [6, 6.07) is 4.45. The van der Waals surface area contributed by atoms with Crippen LogP contribution < -0.4 is 10.6 Å². The standard InChI is InChI=1S/C20H35N5O/c1-17-8-9-19(26-17)18(25-13-6-7-14-25)16-23-20(21-2)22-10-15-24-11-4-3-5-12-24/h8-9,18H,3-7,10-16H2,1-2H3,(H2,21,22,23). The first-order chi connectivity index (χ1) is 12.8. The molecule has 2 saturated heterocycles. The van der Waals surface area contributed by atoms with Crippen LogP contribution in [0.4, 0.5) is 0 Å². The Bertz CT molecular complexity index is 558. The normalized spacial score (nSPS) is 21.1. The van der Waals surface area contributed by atoms with Crippen molar-refractivity contribution in [3.8, 4) is 0 Å². The van der Waals surface area contributed by atoms with E-state index in [0.717, 1.165) is 50.2 Å². The molecule has 2 aliphatic rings. The minimum absolute atomic E-state index is 0.270. The van der Waals surface area contributed by atoms with Crippen LogP contribution in [0.25, 0.3) is 0 Å². The lowest BCUT2D eigenvalue weighted by atomic mass is 10.1. The first-order valence-corrected chi connectivity index (χ1v) is 10.2. The minimum Gasteiger partial charge on any atom is -0.465 e. The first-order valence-electron chi connectivity index (χ1n) is 10.2.